The van der Waals surface area contributed by atoms with Crippen LogP contribution in [0.1, 0.15) is 21.7 Å². The lowest BCUT2D eigenvalue weighted by Crippen LogP contribution is -2.01. The van der Waals surface area contributed by atoms with E-state index in [9.17, 15) is 5.26 Å². The maximum atomic E-state index is 9.45. The fourth-order valence-electron chi connectivity index (χ4n) is 5.60. The van der Waals surface area contributed by atoms with Crippen molar-refractivity contribution in [3.05, 3.63) is 143 Å². The molecular weight excluding hydrogens is 569 g/mol. The van der Waals surface area contributed by atoms with Gasteiger partial charge in [-0.1, -0.05) is 78.9 Å². The molecule has 1 atom stereocenters. The molecule has 0 spiro atoms. The number of fused-ring (bicyclic) bond motifs is 1. The van der Waals surface area contributed by atoms with Gasteiger partial charge in [0.05, 0.1) is 40.9 Å². The number of hydrogen-bond donors (Lipinski definition) is 0. The summed E-state index contributed by atoms with van der Waals surface area (Å²) in [5.74, 6) is -0.114. The van der Waals surface area contributed by atoms with Gasteiger partial charge in [-0.3, -0.25) is 0 Å². The highest BCUT2D eigenvalue weighted by molar-refractivity contribution is 7.15. The third-order valence-electron chi connectivity index (χ3n) is 8.10. The average Bonchev–Trinajstić information content (AvgIpc) is 3.55. The highest BCUT2D eigenvalue weighted by Gasteiger charge is 2.19. The second-order valence-corrected chi connectivity index (χ2v) is 12.0. The molecule has 5 aromatic carbocycles. The Bertz CT molecular complexity index is 2070. The van der Waals surface area contributed by atoms with Gasteiger partial charge >= 0.3 is 0 Å². The van der Waals surface area contributed by atoms with Gasteiger partial charge in [0, 0.05) is 16.9 Å². The summed E-state index contributed by atoms with van der Waals surface area (Å²) >= 11 is 1.66. The Morgan fingerprint density at radius 3 is 1.36 bits per heavy atom. The van der Waals surface area contributed by atoms with Crippen molar-refractivity contribution in [3.63, 3.8) is 0 Å². The Labute approximate surface area is 266 Å². The SMILES string of the molecule is N#Cc1ccc(-c2ccc(-c3cc(-c4ccc(-c5ccc(C#N)cc5)cc4)cc(-c4nc5c(s4)CC(C#N)C=C5)c3)cc2)cc1. The fraction of sp³-hybridized carbons (Fsp3) is 0.0500. The minimum absolute atomic E-state index is 0.114. The monoisotopic (exact) mass is 592 g/mol. The number of aromatic nitrogens is 1. The van der Waals surface area contributed by atoms with Gasteiger partial charge in [-0.2, -0.15) is 15.8 Å². The Kier molecular flexibility index (Phi) is 7.34. The van der Waals surface area contributed by atoms with Gasteiger partial charge in [-0.15, -0.1) is 11.3 Å². The maximum absolute atomic E-state index is 9.45. The van der Waals surface area contributed by atoms with Crippen molar-refractivity contribution >= 4 is 17.4 Å². The van der Waals surface area contributed by atoms with E-state index in [0.29, 0.717) is 17.5 Å². The van der Waals surface area contributed by atoms with Crippen LogP contribution in [0.25, 0.3) is 61.2 Å². The second kappa shape index (κ2) is 11.9. The largest absolute Gasteiger partial charge is 0.236 e. The number of nitrogens with zero attached hydrogens (tertiary/aromatic N) is 4. The first-order chi connectivity index (χ1) is 22.1. The van der Waals surface area contributed by atoms with Gasteiger partial charge in [0.15, 0.2) is 0 Å². The summed E-state index contributed by atoms with van der Waals surface area (Å²) in [6, 6.07) is 45.6. The smallest absolute Gasteiger partial charge is 0.124 e. The topological polar surface area (TPSA) is 84.3 Å². The zero-order valence-electron chi connectivity index (χ0n) is 24.1. The molecular formula is C40H24N4S. The number of hydrogen-bond acceptors (Lipinski definition) is 5. The van der Waals surface area contributed by atoms with Crippen LogP contribution in [0.4, 0.5) is 0 Å². The Morgan fingerprint density at radius 1 is 0.533 bits per heavy atom. The second-order valence-electron chi connectivity index (χ2n) is 11.0. The van der Waals surface area contributed by atoms with E-state index in [1.165, 1.54) is 0 Å². The van der Waals surface area contributed by atoms with Crippen LogP contribution < -0.4 is 0 Å². The summed E-state index contributed by atoms with van der Waals surface area (Å²) in [5, 5.41) is 28.7. The summed E-state index contributed by atoms with van der Waals surface area (Å²) in [7, 11) is 0. The molecule has 0 radical (unpaired) electrons. The number of allylic oxidation sites excluding steroid dienone is 1. The van der Waals surface area contributed by atoms with E-state index in [2.05, 4.69) is 84.9 Å². The lowest BCUT2D eigenvalue weighted by molar-refractivity contribution is 0.820. The van der Waals surface area contributed by atoms with E-state index in [4.69, 9.17) is 15.5 Å². The first-order valence-electron chi connectivity index (χ1n) is 14.5. The van der Waals surface area contributed by atoms with Crippen molar-refractivity contribution in [1.29, 1.82) is 15.8 Å². The Morgan fingerprint density at radius 2 is 0.933 bits per heavy atom. The zero-order valence-corrected chi connectivity index (χ0v) is 24.9. The van der Waals surface area contributed by atoms with Crippen LogP contribution in [0.15, 0.2) is 121 Å². The number of benzene rings is 5. The summed E-state index contributed by atoms with van der Waals surface area (Å²) in [6.07, 6.45) is 4.61. The first kappa shape index (κ1) is 27.8. The van der Waals surface area contributed by atoms with Gasteiger partial charge in [0.25, 0.3) is 0 Å². The van der Waals surface area contributed by atoms with Gasteiger partial charge in [-0.05, 0) is 93.0 Å². The van der Waals surface area contributed by atoms with Crippen molar-refractivity contribution in [2.75, 3.05) is 0 Å². The molecule has 1 aromatic heterocycles. The van der Waals surface area contributed by atoms with Crippen LogP contribution in [-0.4, -0.2) is 4.98 Å². The van der Waals surface area contributed by atoms with Crippen molar-refractivity contribution < 1.29 is 0 Å². The molecule has 1 aliphatic rings. The number of rotatable bonds is 5. The molecule has 1 unspecified atom stereocenters. The highest BCUT2D eigenvalue weighted by Crippen LogP contribution is 2.38. The van der Waals surface area contributed by atoms with Crippen molar-refractivity contribution in [2.45, 2.75) is 6.42 Å². The summed E-state index contributed by atoms with van der Waals surface area (Å²) < 4.78 is 0. The molecule has 0 saturated carbocycles. The quantitative estimate of drug-likeness (QED) is 0.199. The van der Waals surface area contributed by atoms with Gasteiger partial charge in [0.1, 0.15) is 5.01 Å². The Balaban J connectivity index is 1.27. The van der Waals surface area contributed by atoms with Gasteiger partial charge in [-0.25, -0.2) is 4.98 Å². The van der Waals surface area contributed by atoms with Crippen LogP contribution in [0.5, 0.6) is 0 Å². The molecule has 6 aromatic rings. The zero-order chi connectivity index (χ0) is 30.8. The van der Waals surface area contributed by atoms with E-state index in [-0.39, 0.29) is 5.92 Å². The molecule has 0 N–H and O–H groups in total. The predicted octanol–water partition coefficient (Wildman–Crippen LogP) is 9.93. The number of nitriles is 3. The molecule has 0 amide bonds. The third-order valence-corrected chi connectivity index (χ3v) is 9.24. The standard InChI is InChI=1S/C40H24N4S/c41-23-26-1-6-29(7-2-26)31-10-14-33(15-11-31)35-20-36(34-16-12-32(13-17-34)30-8-3-27(24-42)4-9-30)22-37(21-35)40-44-38-18-5-28(25-43)19-39(38)45-40/h1-18,20-22,28H,19H2. The molecule has 0 bridgehead atoms. The first-order valence-corrected chi connectivity index (χ1v) is 15.4. The van der Waals surface area contributed by atoms with Gasteiger partial charge in [0.2, 0.25) is 0 Å². The Hall–Kier alpha value is -6.06. The van der Waals surface area contributed by atoms with Crippen molar-refractivity contribution in [2.24, 2.45) is 5.92 Å². The van der Waals surface area contributed by atoms with Crippen LogP contribution >= 0.6 is 11.3 Å². The predicted molar refractivity (Wildman–Crippen MR) is 181 cm³/mol. The van der Waals surface area contributed by atoms with E-state index >= 15 is 0 Å². The normalized spacial score (nSPS) is 13.3. The summed E-state index contributed by atoms with van der Waals surface area (Å²) in [5.41, 5.74) is 11.9. The lowest BCUT2D eigenvalue weighted by Gasteiger charge is -2.11. The molecule has 210 valence electrons. The van der Waals surface area contributed by atoms with Crippen molar-refractivity contribution in [1.82, 2.24) is 4.98 Å². The summed E-state index contributed by atoms with van der Waals surface area (Å²) in [4.78, 5) is 6.11. The molecule has 4 nitrogen and oxygen atoms in total. The van der Waals surface area contributed by atoms with E-state index in [1.807, 2.05) is 60.7 Å². The van der Waals surface area contributed by atoms with E-state index in [0.717, 1.165) is 65.6 Å². The molecule has 5 heteroatoms. The lowest BCUT2D eigenvalue weighted by atomic mass is 9.94. The maximum Gasteiger partial charge on any atom is 0.124 e. The minimum atomic E-state index is -0.114. The molecule has 0 saturated heterocycles. The summed E-state index contributed by atoms with van der Waals surface area (Å²) in [6.45, 7) is 0. The minimum Gasteiger partial charge on any atom is -0.236 e. The molecule has 0 aliphatic heterocycles. The molecule has 0 fully saturated rings. The fourth-order valence-corrected chi connectivity index (χ4v) is 6.69. The molecule has 7 rings (SSSR count). The molecule has 45 heavy (non-hydrogen) atoms. The van der Waals surface area contributed by atoms with Crippen LogP contribution in [0.2, 0.25) is 0 Å². The number of thiazole rings is 1. The van der Waals surface area contributed by atoms with Crippen LogP contribution in [-0.2, 0) is 6.42 Å². The third kappa shape index (κ3) is 5.67. The van der Waals surface area contributed by atoms with Crippen LogP contribution in [0, 0.1) is 39.9 Å². The van der Waals surface area contributed by atoms with E-state index < -0.39 is 0 Å². The van der Waals surface area contributed by atoms with Gasteiger partial charge < -0.3 is 0 Å². The van der Waals surface area contributed by atoms with E-state index in [1.54, 1.807) is 11.3 Å². The molecule has 1 heterocycles. The molecule has 1 aliphatic carbocycles. The van der Waals surface area contributed by atoms with Crippen LogP contribution in [0.3, 0.4) is 0 Å². The average molecular weight is 593 g/mol. The van der Waals surface area contributed by atoms with Crippen molar-refractivity contribution in [3.8, 4) is 73.3 Å². The highest BCUT2D eigenvalue weighted by atomic mass is 32.1.